The molecule has 0 amide bonds. The van der Waals surface area contributed by atoms with Gasteiger partial charge in [0.15, 0.2) is 9.84 Å². The molecule has 0 spiro atoms. The Morgan fingerprint density at radius 2 is 1.69 bits per heavy atom. The van der Waals surface area contributed by atoms with Crippen molar-refractivity contribution in [3.05, 3.63) is 35.9 Å². The molecule has 0 aliphatic heterocycles. The molecule has 0 aromatic heterocycles. The first-order valence-electron chi connectivity index (χ1n) is 4.31. The summed E-state index contributed by atoms with van der Waals surface area (Å²) in [5, 5.41) is 0. The van der Waals surface area contributed by atoms with E-state index in [0.29, 0.717) is 0 Å². The van der Waals surface area contributed by atoms with Crippen LogP contribution in [0.25, 0.3) is 0 Å². The third-order valence-corrected chi connectivity index (χ3v) is 4.78. The van der Waals surface area contributed by atoms with Crippen molar-refractivity contribution in [3.8, 4) is 0 Å². The fourth-order valence-corrected chi connectivity index (χ4v) is 3.14. The second kappa shape index (κ2) is 2.58. The van der Waals surface area contributed by atoms with E-state index in [0.717, 1.165) is 18.4 Å². The largest absolute Gasteiger partial charge is 0.228 e. The van der Waals surface area contributed by atoms with Gasteiger partial charge in [0.1, 0.15) is 0 Å². The van der Waals surface area contributed by atoms with Crippen LogP contribution in [0.4, 0.5) is 0 Å². The standard InChI is InChI=1S/C10H12O2S/c1-13(11,12)10(7-8-10)9-5-3-2-4-6-9/h2-6H,7-8H2,1H3. The predicted octanol–water partition coefficient (Wildman–Crippen LogP) is 1.72. The summed E-state index contributed by atoms with van der Waals surface area (Å²) in [7, 11) is -2.94. The first-order valence-corrected chi connectivity index (χ1v) is 6.20. The van der Waals surface area contributed by atoms with Crippen molar-refractivity contribution < 1.29 is 8.42 Å². The zero-order valence-corrected chi connectivity index (χ0v) is 8.34. The molecule has 3 heteroatoms. The SMILES string of the molecule is CS(=O)(=O)C1(c2ccccc2)CC1. The molecular formula is C10H12O2S. The topological polar surface area (TPSA) is 34.1 Å². The van der Waals surface area contributed by atoms with E-state index >= 15 is 0 Å². The molecule has 2 rings (SSSR count). The van der Waals surface area contributed by atoms with Gasteiger partial charge in [-0.25, -0.2) is 8.42 Å². The summed E-state index contributed by atoms with van der Waals surface area (Å²) in [5.41, 5.74) is 0.942. The highest BCUT2D eigenvalue weighted by Crippen LogP contribution is 2.52. The second-order valence-corrected chi connectivity index (χ2v) is 5.96. The van der Waals surface area contributed by atoms with Gasteiger partial charge in [-0.2, -0.15) is 0 Å². The number of benzene rings is 1. The Kier molecular flexibility index (Phi) is 1.74. The summed E-state index contributed by atoms with van der Waals surface area (Å²) in [6.07, 6.45) is 2.87. The first kappa shape index (κ1) is 8.75. The minimum Gasteiger partial charge on any atom is -0.228 e. The lowest BCUT2D eigenvalue weighted by Crippen LogP contribution is -2.18. The number of rotatable bonds is 2. The van der Waals surface area contributed by atoms with E-state index in [1.165, 1.54) is 6.26 Å². The van der Waals surface area contributed by atoms with Gasteiger partial charge < -0.3 is 0 Å². The third kappa shape index (κ3) is 1.27. The van der Waals surface area contributed by atoms with E-state index in [4.69, 9.17) is 0 Å². The summed E-state index contributed by atoms with van der Waals surface area (Å²) in [6, 6.07) is 9.48. The van der Waals surface area contributed by atoms with Crippen LogP contribution in [-0.2, 0) is 14.6 Å². The Bertz CT molecular complexity index is 402. The lowest BCUT2D eigenvalue weighted by Gasteiger charge is -2.12. The highest BCUT2D eigenvalue weighted by atomic mass is 32.2. The van der Waals surface area contributed by atoms with E-state index in [1.807, 2.05) is 30.3 Å². The first-order chi connectivity index (χ1) is 6.06. The van der Waals surface area contributed by atoms with E-state index in [9.17, 15) is 8.42 Å². The minimum absolute atomic E-state index is 0.547. The molecule has 0 unspecified atom stereocenters. The average Bonchev–Trinajstić information content (AvgIpc) is 2.84. The van der Waals surface area contributed by atoms with E-state index < -0.39 is 14.6 Å². The van der Waals surface area contributed by atoms with Crippen molar-refractivity contribution in [2.75, 3.05) is 6.26 Å². The molecule has 1 aromatic carbocycles. The van der Waals surface area contributed by atoms with E-state index in [-0.39, 0.29) is 0 Å². The van der Waals surface area contributed by atoms with Crippen molar-refractivity contribution in [1.29, 1.82) is 0 Å². The van der Waals surface area contributed by atoms with Crippen LogP contribution >= 0.6 is 0 Å². The number of hydrogen-bond acceptors (Lipinski definition) is 2. The van der Waals surface area contributed by atoms with Crippen molar-refractivity contribution >= 4 is 9.84 Å². The molecule has 1 aliphatic carbocycles. The normalized spacial score (nSPS) is 19.8. The quantitative estimate of drug-likeness (QED) is 0.721. The lowest BCUT2D eigenvalue weighted by atomic mass is 10.1. The van der Waals surface area contributed by atoms with Gasteiger partial charge in [-0.3, -0.25) is 0 Å². The molecule has 0 heterocycles. The maximum Gasteiger partial charge on any atom is 0.157 e. The highest BCUT2D eigenvalue weighted by molar-refractivity contribution is 7.92. The van der Waals surface area contributed by atoms with Crippen molar-refractivity contribution in [2.45, 2.75) is 17.6 Å². The van der Waals surface area contributed by atoms with Crippen LogP contribution in [0.1, 0.15) is 18.4 Å². The second-order valence-electron chi connectivity index (χ2n) is 3.63. The van der Waals surface area contributed by atoms with Gasteiger partial charge in [-0.1, -0.05) is 30.3 Å². The van der Waals surface area contributed by atoms with Crippen molar-refractivity contribution in [3.63, 3.8) is 0 Å². The summed E-state index contributed by atoms with van der Waals surface area (Å²) in [5.74, 6) is 0. The molecule has 0 bridgehead atoms. The predicted molar refractivity (Wildman–Crippen MR) is 52.2 cm³/mol. The Hall–Kier alpha value is -0.830. The Balaban J connectivity index is 2.49. The summed E-state index contributed by atoms with van der Waals surface area (Å²) in [6.45, 7) is 0. The minimum atomic E-state index is -2.94. The average molecular weight is 196 g/mol. The van der Waals surface area contributed by atoms with Crippen molar-refractivity contribution in [1.82, 2.24) is 0 Å². The molecule has 2 nitrogen and oxygen atoms in total. The number of hydrogen-bond donors (Lipinski definition) is 0. The summed E-state index contributed by atoms with van der Waals surface area (Å²) >= 11 is 0. The third-order valence-electron chi connectivity index (χ3n) is 2.71. The molecule has 0 saturated heterocycles. The Morgan fingerprint density at radius 1 is 1.15 bits per heavy atom. The Morgan fingerprint density at radius 3 is 2.08 bits per heavy atom. The van der Waals surface area contributed by atoms with Crippen LogP contribution in [0, 0.1) is 0 Å². The maximum absolute atomic E-state index is 11.5. The van der Waals surface area contributed by atoms with Crippen LogP contribution in [0.5, 0.6) is 0 Å². The van der Waals surface area contributed by atoms with Crippen LogP contribution in [0.3, 0.4) is 0 Å². The van der Waals surface area contributed by atoms with Gasteiger partial charge in [0, 0.05) is 6.26 Å². The van der Waals surface area contributed by atoms with E-state index in [2.05, 4.69) is 0 Å². The molecule has 0 radical (unpaired) electrons. The molecule has 13 heavy (non-hydrogen) atoms. The Labute approximate surface area is 78.5 Å². The van der Waals surface area contributed by atoms with Gasteiger partial charge in [-0.05, 0) is 18.4 Å². The maximum atomic E-state index is 11.5. The molecular weight excluding hydrogens is 184 g/mol. The van der Waals surface area contributed by atoms with Gasteiger partial charge in [0.05, 0.1) is 4.75 Å². The molecule has 0 N–H and O–H groups in total. The van der Waals surface area contributed by atoms with Crippen LogP contribution in [0.2, 0.25) is 0 Å². The fourth-order valence-electron chi connectivity index (χ4n) is 1.73. The number of sulfone groups is 1. The molecule has 70 valence electrons. The van der Waals surface area contributed by atoms with Gasteiger partial charge in [0.25, 0.3) is 0 Å². The smallest absolute Gasteiger partial charge is 0.157 e. The molecule has 1 aromatic rings. The monoisotopic (exact) mass is 196 g/mol. The molecule has 1 saturated carbocycles. The van der Waals surface area contributed by atoms with Crippen LogP contribution < -0.4 is 0 Å². The lowest BCUT2D eigenvalue weighted by molar-refractivity contribution is 0.586. The van der Waals surface area contributed by atoms with E-state index in [1.54, 1.807) is 0 Å². The van der Waals surface area contributed by atoms with Crippen molar-refractivity contribution in [2.24, 2.45) is 0 Å². The molecule has 1 fully saturated rings. The highest BCUT2D eigenvalue weighted by Gasteiger charge is 2.53. The fraction of sp³-hybridized carbons (Fsp3) is 0.400. The summed E-state index contributed by atoms with van der Waals surface area (Å²) in [4.78, 5) is 0. The zero-order valence-electron chi connectivity index (χ0n) is 7.53. The summed E-state index contributed by atoms with van der Waals surface area (Å²) < 4.78 is 22.5. The van der Waals surface area contributed by atoms with Gasteiger partial charge in [0.2, 0.25) is 0 Å². The zero-order chi connectivity index (χ0) is 9.53. The van der Waals surface area contributed by atoms with Gasteiger partial charge in [-0.15, -0.1) is 0 Å². The molecule has 0 atom stereocenters. The van der Waals surface area contributed by atoms with Crippen LogP contribution in [0.15, 0.2) is 30.3 Å². The van der Waals surface area contributed by atoms with Crippen LogP contribution in [-0.4, -0.2) is 14.7 Å². The molecule has 1 aliphatic rings. The van der Waals surface area contributed by atoms with Gasteiger partial charge >= 0.3 is 0 Å².